The van der Waals surface area contributed by atoms with E-state index >= 15 is 0 Å². The minimum atomic E-state index is -0.808. The van der Waals surface area contributed by atoms with Crippen LogP contribution in [0.2, 0.25) is 0 Å². The van der Waals surface area contributed by atoms with E-state index in [2.05, 4.69) is 25.2 Å². The minimum Gasteiger partial charge on any atom is -0.378 e. The predicted molar refractivity (Wildman–Crippen MR) is 153 cm³/mol. The highest BCUT2D eigenvalue weighted by atomic mass is 19.1. The summed E-state index contributed by atoms with van der Waals surface area (Å²) >= 11 is 0. The molecule has 3 aromatic rings. The normalized spacial score (nSPS) is 22.5. The number of aliphatic imine (C=N–C) groups is 1. The summed E-state index contributed by atoms with van der Waals surface area (Å²) in [6, 6.07) is 7.91. The van der Waals surface area contributed by atoms with Gasteiger partial charge in [-0.15, -0.1) is 0 Å². The molecule has 12 nitrogen and oxygen atoms in total. The number of morpholine rings is 1. The Hall–Kier alpha value is -3.94. The quantitative estimate of drug-likeness (QED) is 0.368. The van der Waals surface area contributed by atoms with Crippen molar-refractivity contribution in [3.8, 4) is 22.6 Å². The maximum atomic E-state index is 13.7. The molecule has 0 atom stereocenters. The molecule has 3 aliphatic heterocycles. The third-order valence-electron chi connectivity index (χ3n) is 7.56. The maximum absolute atomic E-state index is 13.7. The molecule has 5 heterocycles. The Balaban J connectivity index is 1.19. The molecule has 0 spiro atoms. The summed E-state index contributed by atoms with van der Waals surface area (Å²) in [5.41, 5.74) is 1.71. The fraction of sp³-hybridized carbons (Fsp3) is 0.483. The van der Waals surface area contributed by atoms with Crippen molar-refractivity contribution in [3.05, 3.63) is 48.2 Å². The molecule has 0 bridgehead atoms. The number of nitrogens with one attached hydrogen (secondary N) is 2. The van der Waals surface area contributed by atoms with E-state index in [-0.39, 0.29) is 24.9 Å². The van der Waals surface area contributed by atoms with Gasteiger partial charge < -0.3 is 34.3 Å². The fourth-order valence-corrected chi connectivity index (χ4v) is 5.20. The number of H-pyrrole nitrogens is 1. The summed E-state index contributed by atoms with van der Waals surface area (Å²) in [6.07, 6.45) is 3.68. The molecule has 1 amide bonds. The van der Waals surface area contributed by atoms with Crippen LogP contribution in [0.5, 0.6) is 0 Å². The van der Waals surface area contributed by atoms with Gasteiger partial charge in [0.1, 0.15) is 5.82 Å². The van der Waals surface area contributed by atoms with Gasteiger partial charge in [0.15, 0.2) is 5.82 Å². The monoisotopic (exact) mass is 578 g/mol. The minimum absolute atomic E-state index is 0.00837. The highest BCUT2D eigenvalue weighted by Gasteiger charge is 2.43. The van der Waals surface area contributed by atoms with Gasteiger partial charge in [-0.1, -0.05) is 0 Å². The van der Waals surface area contributed by atoms with Crippen molar-refractivity contribution >= 4 is 18.2 Å². The lowest BCUT2D eigenvalue weighted by molar-refractivity contribution is -0.235. The Morgan fingerprint density at radius 2 is 1.90 bits per heavy atom. The highest BCUT2D eigenvalue weighted by molar-refractivity contribution is 5.83. The first-order chi connectivity index (χ1) is 20.5. The van der Waals surface area contributed by atoms with Crippen molar-refractivity contribution in [2.24, 2.45) is 10.4 Å². The topological polar surface area (TPSA) is 130 Å². The molecule has 42 heavy (non-hydrogen) atoms. The zero-order chi connectivity index (χ0) is 28.9. The Kier molecular flexibility index (Phi) is 8.40. The molecule has 0 saturated carbocycles. The summed E-state index contributed by atoms with van der Waals surface area (Å²) in [6.45, 7) is 7.82. The van der Waals surface area contributed by atoms with Crippen LogP contribution in [-0.2, 0) is 19.0 Å². The molecule has 3 aliphatic rings. The Morgan fingerprint density at radius 3 is 2.64 bits per heavy atom. The van der Waals surface area contributed by atoms with E-state index in [4.69, 9.17) is 24.2 Å². The van der Waals surface area contributed by atoms with E-state index in [0.29, 0.717) is 67.3 Å². The van der Waals surface area contributed by atoms with Crippen molar-refractivity contribution in [2.45, 2.75) is 19.6 Å². The van der Waals surface area contributed by atoms with E-state index < -0.39 is 11.7 Å². The molecule has 13 heteroatoms. The van der Waals surface area contributed by atoms with Crippen LogP contribution in [0.1, 0.15) is 25.5 Å². The number of rotatable bonds is 9. The third-order valence-corrected chi connectivity index (χ3v) is 7.56. The standard InChI is InChI=1S/C29H35FN8O4/c1-29(27(39)38-13-15-40-16-14-38)17-41-26(42-18-29)25-35-23(20-3-5-21(30)6-4-20)24(36-25)22-7-9-33-28(34-22)32-8-2-11-37-12-10-31-19-37/h3-7,9,19,26H,2,8,10-18H2,1H3,(H,35,36)(H,32,33,34). The number of hydrogen-bond acceptors (Lipinski definition) is 10. The van der Waals surface area contributed by atoms with Crippen LogP contribution in [0.25, 0.3) is 22.6 Å². The number of hydrogen-bond donors (Lipinski definition) is 2. The summed E-state index contributed by atoms with van der Waals surface area (Å²) in [5.74, 6) is 0.580. The van der Waals surface area contributed by atoms with Crippen LogP contribution in [0, 0.1) is 11.2 Å². The number of benzene rings is 1. The van der Waals surface area contributed by atoms with Crippen molar-refractivity contribution < 1.29 is 23.4 Å². The lowest BCUT2D eigenvalue weighted by Crippen LogP contribution is -2.53. The van der Waals surface area contributed by atoms with Crippen molar-refractivity contribution in [1.82, 2.24) is 29.7 Å². The summed E-state index contributed by atoms with van der Waals surface area (Å²) in [5, 5.41) is 3.29. The molecular formula is C29H35FN8O4. The lowest BCUT2D eigenvalue weighted by Gasteiger charge is -2.39. The smallest absolute Gasteiger partial charge is 0.233 e. The molecule has 0 unspecified atom stereocenters. The number of amides is 1. The number of carbonyl (C=O) groups is 1. The second kappa shape index (κ2) is 12.5. The number of carbonyl (C=O) groups excluding carboxylic acids is 1. The molecule has 1 aromatic carbocycles. The number of halogens is 1. The molecule has 0 radical (unpaired) electrons. The first-order valence-corrected chi connectivity index (χ1v) is 14.3. The number of nitrogens with zero attached hydrogens (tertiary/aromatic N) is 6. The van der Waals surface area contributed by atoms with Gasteiger partial charge >= 0.3 is 0 Å². The molecule has 2 saturated heterocycles. The maximum Gasteiger partial charge on any atom is 0.233 e. The van der Waals surface area contributed by atoms with Crippen LogP contribution in [0.3, 0.4) is 0 Å². The summed E-state index contributed by atoms with van der Waals surface area (Å²) < 4.78 is 31.3. The van der Waals surface area contributed by atoms with E-state index in [1.165, 1.54) is 12.1 Å². The number of aromatic nitrogens is 4. The van der Waals surface area contributed by atoms with Crippen LogP contribution in [-0.4, -0.2) is 108 Å². The molecule has 6 rings (SSSR count). The molecule has 222 valence electrons. The van der Waals surface area contributed by atoms with Crippen LogP contribution in [0.4, 0.5) is 10.3 Å². The second-order valence-corrected chi connectivity index (χ2v) is 10.9. The van der Waals surface area contributed by atoms with Gasteiger partial charge in [-0.3, -0.25) is 9.79 Å². The average molecular weight is 579 g/mol. The van der Waals surface area contributed by atoms with Gasteiger partial charge in [-0.25, -0.2) is 19.3 Å². The average Bonchev–Trinajstić information content (AvgIpc) is 3.71. The molecule has 2 aromatic heterocycles. The highest BCUT2D eigenvalue weighted by Crippen LogP contribution is 2.36. The van der Waals surface area contributed by atoms with Crippen molar-refractivity contribution in [2.75, 3.05) is 71.0 Å². The lowest BCUT2D eigenvalue weighted by atomic mass is 9.90. The molecule has 2 fully saturated rings. The van der Waals surface area contributed by atoms with Crippen LogP contribution in [0.15, 0.2) is 41.5 Å². The van der Waals surface area contributed by atoms with Gasteiger partial charge in [0.25, 0.3) is 0 Å². The Bertz CT molecular complexity index is 1400. The van der Waals surface area contributed by atoms with Crippen LogP contribution >= 0.6 is 0 Å². The Morgan fingerprint density at radius 1 is 1.12 bits per heavy atom. The summed E-state index contributed by atoms with van der Waals surface area (Å²) in [4.78, 5) is 38.7. The Labute approximate surface area is 243 Å². The van der Waals surface area contributed by atoms with Crippen molar-refractivity contribution in [1.29, 1.82) is 0 Å². The van der Waals surface area contributed by atoms with E-state index in [0.717, 1.165) is 26.1 Å². The molecule has 0 aliphatic carbocycles. The first-order valence-electron chi connectivity index (χ1n) is 14.3. The number of ether oxygens (including phenoxy) is 3. The molecule has 2 N–H and O–H groups in total. The third kappa shape index (κ3) is 6.27. The van der Waals surface area contributed by atoms with E-state index in [1.807, 2.05) is 13.3 Å². The van der Waals surface area contributed by atoms with Crippen LogP contribution < -0.4 is 5.32 Å². The first kappa shape index (κ1) is 28.2. The molecular weight excluding hydrogens is 543 g/mol. The number of imidazole rings is 1. The summed E-state index contributed by atoms with van der Waals surface area (Å²) in [7, 11) is 0. The van der Waals surface area contributed by atoms with Gasteiger partial charge in [-0.2, -0.15) is 0 Å². The fourth-order valence-electron chi connectivity index (χ4n) is 5.20. The van der Waals surface area contributed by atoms with E-state index in [1.54, 1.807) is 29.3 Å². The zero-order valence-electron chi connectivity index (χ0n) is 23.6. The van der Waals surface area contributed by atoms with Crippen molar-refractivity contribution in [3.63, 3.8) is 0 Å². The predicted octanol–water partition coefficient (Wildman–Crippen LogP) is 2.73. The van der Waals surface area contributed by atoms with Gasteiger partial charge in [-0.05, 0) is 43.7 Å². The van der Waals surface area contributed by atoms with Gasteiger partial charge in [0.2, 0.25) is 18.1 Å². The zero-order valence-corrected chi connectivity index (χ0v) is 23.6. The van der Waals surface area contributed by atoms with Gasteiger partial charge in [0.05, 0.1) is 61.8 Å². The van der Waals surface area contributed by atoms with Gasteiger partial charge in [0, 0.05) is 44.5 Å². The SMILES string of the molecule is CC1(C(=O)N2CCOCC2)COC(c2nc(-c3ccc(F)cc3)c(-c3ccnc(NCCCN4C=NCC4)n3)[nH]2)OC1. The number of aromatic amines is 1. The largest absolute Gasteiger partial charge is 0.378 e. The number of anilines is 1. The van der Waals surface area contributed by atoms with E-state index in [9.17, 15) is 9.18 Å². The second-order valence-electron chi connectivity index (χ2n) is 10.9.